The fourth-order valence-electron chi connectivity index (χ4n) is 6.05. The number of rotatable bonds is 12. The number of aromatic nitrogens is 1. The first-order chi connectivity index (χ1) is 20.9. The maximum absolute atomic E-state index is 13.6. The summed E-state index contributed by atoms with van der Waals surface area (Å²) in [5, 5.41) is 30.5. The van der Waals surface area contributed by atoms with Gasteiger partial charge in [0, 0.05) is 33.7 Å². The van der Waals surface area contributed by atoms with Crippen molar-refractivity contribution in [3.05, 3.63) is 72.4 Å². The second kappa shape index (κ2) is 14.9. The minimum Gasteiger partial charge on any atom is -0.465 e. The molecule has 1 heterocycles. The van der Waals surface area contributed by atoms with Crippen LogP contribution in [-0.2, 0) is 16.0 Å². The number of nitrogens with zero attached hydrogens (tertiary/aromatic N) is 1. The van der Waals surface area contributed by atoms with E-state index >= 15 is 0 Å². The van der Waals surface area contributed by atoms with Gasteiger partial charge < -0.3 is 26.2 Å². The number of carbonyl (C=O) groups is 3. The quantitative estimate of drug-likeness (QED) is 0.179. The lowest BCUT2D eigenvalue weighted by atomic mass is 9.86. The lowest BCUT2D eigenvalue weighted by Crippen LogP contribution is -2.54. The summed E-state index contributed by atoms with van der Waals surface area (Å²) in [6, 6.07) is 17.3. The van der Waals surface area contributed by atoms with Crippen LogP contribution in [0.1, 0.15) is 52.5 Å². The Kier molecular flexibility index (Phi) is 11.3. The number of carbonyl (C=O) groups excluding carboxylic acids is 2. The second-order valence-electron chi connectivity index (χ2n) is 12.9. The fraction of sp³-hybridized carbons (Fsp3) is 0.471. The van der Waals surface area contributed by atoms with E-state index in [0.29, 0.717) is 18.8 Å². The van der Waals surface area contributed by atoms with Crippen molar-refractivity contribution in [2.75, 3.05) is 5.75 Å². The molecule has 4 rings (SSSR count). The molecule has 1 aliphatic carbocycles. The number of hydrogen-bond acceptors (Lipinski definition) is 6. The van der Waals surface area contributed by atoms with Gasteiger partial charge >= 0.3 is 6.09 Å². The molecule has 3 aromatic rings. The lowest BCUT2D eigenvalue weighted by molar-refractivity contribution is -0.128. The molecule has 236 valence electrons. The average Bonchev–Trinajstić information content (AvgIpc) is 3.34. The molecule has 0 bridgehead atoms. The Morgan fingerprint density at radius 3 is 2.43 bits per heavy atom. The predicted octanol–water partition coefficient (Wildman–Crippen LogP) is 5.02. The highest BCUT2D eigenvalue weighted by atomic mass is 32.2. The number of pyridine rings is 1. The molecule has 0 radical (unpaired) electrons. The van der Waals surface area contributed by atoms with Crippen molar-refractivity contribution in [1.82, 2.24) is 20.9 Å². The Morgan fingerprint density at radius 2 is 1.73 bits per heavy atom. The molecule has 1 saturated carbocycles. The van der Waals surface area contributed by atoms with Gasteiger partial charge in [0.2, 0.25) is 11.8 Å². The first-order valence-corrected chi connectivity index (χ1v) is 16.2. The van der Waals surface area contributed by atoms with Crippen LogP contribution in [0, 0.1) is 17.8 Å². The van der Waals surface area contributed by atoms with Gasteiger partial charge in [-0.05, 0) is 76.0 Å². The van der Waals surface area contributed by atoms with Crippen molar-refractivity contribution in [2.45, 2.75) is 82.0 Å². The third-order valence-corrected chi connectivity index (χ3v) is 9.16. The molecular formula is C34H44N4O5S. The van der Waals surface area contributed by atoms with Gasteiger partial charge in [-0.25, -0.2) is 4.79 Å². The molecule has 5 N–H and O–H groups in total. The number of amides is 3. The highest BCUT2D eigenvalue weighted by molar-refractivity contribution is 7.99. The molecule has 0 saturated heterocycles. The SMILES string of the molecule is CC1CC(CC(O)C(Cc2ccccc2)NC(=O)C(CSc2cccc3cccnc23)NC(=O)O)C(C(=O)NC(C)(C)C)C1. The Balaban J connectivity index is 1.51. The van der Waals surface area contributed by atoms with Crippen molar-refractivity contribution in [1.29, 1.82) is 0 Å². The van der Waals surface area contributed by atoms with E-state index in [9.17, 15) is 24.6 Å². The van der Waals surface area contributed by atoms with Crippen molar-refractivity contribution in [3.8, 4) is 0 Å². The first-order valence-electron chi connectivity index (χ1n) is 15.2. The van der Waals surface area contributed by atoms with Crippen molar-refractivity contribution >= 4 is 40.6 Å². The van der Waals surface area contributed by atoms with Crippen LogP contribution in [0.3, 0.4) is 0 Å². The fourth-order valence-corrected chi connectivity index (χ4v) is 7.12. The number of aliphatic hydroxyl groups excluding tert-OH is 1. The molecule has 3 amide bonds. The molecule has 9 nitrogen and oxygen atoms in total. The number of nitrogens with one attached hydrogen (secondary N) is 3. The minimum atomic E-state index is -1.31. The molecule has 1 aromatic heterocycles. The standard InChI is InChI=1S/C34H44N4O5S/c1-21-16-24(25(17-21)31(40)38-34(2,3)4)19-28(39)26(18-22-10-6-5-7-11-22)36-32(41)27(37-33(42)43)20-44-29-14-8-12-23-13-9-15-35-30(23)29/h5-15,21,24-28,37,39H,16-20H2,1-4H3,(H,36,41)(H,38,40)(H,42,43). The maximum Gasteiger partial charge on any atom is 0.405 e. The summed E-state index contributed by atoms with van der Waals surface area (Å²) >= 11 is 1.35. The molecule has 2 aromatic carbocycles. The summed E-state index contributed by atoms with van der Waals surface area (Å²) < 4.78 is 0. The van der Waals surface area contributed by atoms with E-state index < -0.39 is 30.2 Å². The third-order valence-electron chi connectivity index (χ3n) is 8.02. The summed E-state index contributed by atoms with van der Waals surface area (Å²) in [5.74, 6) is -0.311. The van der Waals surface area contributed by atoms with Gasteiger partial charge in [0.05, 0.1) is 17.7 Å². The van der Waals surface area contributed by atoms with Gasteiger partial charge in [0.1, 0.15) is 6.04 Å². The van der Waals surface area contributed by atoms with E-state index in [1.807, 2.05) is 81.4 Å². The highest BCUT2D eigenvalue weighted by Gasteiger charge is 2.40. The molecule has 6 atom stereocenters. The van der Waals surface area contributed by atoms with E-state index in [4.69, 9.17) is 0 Å². The molecule has 0 spiro atoms. The summed E-state index contributed by atoms with van der Waals surface area (Å²) in [6.07, 6.45) is 1.70. The van der Waals surface area contributed by atoms with Crippen LogP contribution in [0.4, 0.5) is 4.79 Å². The highest BCUT2D eigenvalue weighted by Crippen LogP contribution is 2.40. The van der Waals surface area contributed by atoms with E-state index in [1.54, 1.807) is 6.20 Å². The summed E-state index contributed by atoms with van der Waals surface area (Å²) in [4.78, 5) is 43.8. The molecule has 6 unspecified atom stereocenters. The Morgan fingerprint density at radius 1 is 1.00 bits per heavy atom. The molecule has 1 fully saturated rings. The molecule has 44 heavy (non-hydrogen) atoms. The lowest BCUT2D eigenvalue weighted by Gasteiger charge is -2.31. The maximum atomic E-state index is 13.6. The molecule has 10 heteroatoms. The van der Waals surface area contributed by atoms with Crippen molar-refractivity contribution in [3.63, 3.8) is 0 Å². The van der Waals surface area contributed by atoms with E-state index in [0.717, 1.165) is 34.2 Å². The Hall–Kier alpha value is -3.63. The number of para-hydroxylation sites is 1. The van der Waals surface area contributed by atoms with E-state index in [-0.39, 0.29) is 29.0 Å². The number of aliphatic hydroxyl groups is 1. The normalized spacial score (nSPS) is 20.4. The Labute approximate surface area is 263 Å². The van der Waals surface area contributed by atoms with Crippen LogP contribution in [0.2, 0.25) is 0 Å². The number of carboxylic acid groups (broad SMARTS) is 1. The van der Waals surface area contributed by atoms with Gasteiger partial charge in [0.25, 0.3) is 0 Å². The number of fused-ring (bicyclic) bond motifs is 1. The molecule has 0 aliphatic heterocycles. The van der Waals surface area contributed by atoms with E-state index in [1.165, 1.54) is 11.8 Å². The van der Waals surface area contributed by atoms with Gasteiger partial charge in [-0.3, -0.25) is 14.6 Å². The van der Waals surface area contributed by atoms with Crippen LogP contribution in [-0.4, -0.2) is 62.6 Å². The number of thioether (sulfide) groups is 1. The van der Waals surface area contributed by atoms with Crippen LogP contribution >= 0.6 is 11.8 Å². The molecule has 1 aliphatic rings. The second-order valence-corrected chi connectivity index (χ2v) is 14.0. The topological polar surface area (TPSA) is 141 Å². The van der Waals surface area contributed by atoms with Crippen LogP contribution in [0.5, 0.6) is 0 Å². The van der Waals surface area contributed by atoms with Crippen molar-refractivity contribution < 1.29 is 24.6 Å². The summed E-state index contributed by atoms with van der Waals surface area (Å²) in [7, 11) is 0. The molecular weight excluding hydrogens is 576 g/mol. The van der Waals surface area contributed by atoms with Gasteiger partial charge in [-0.2, -0.15) is 0 Å². The minimum absolute atomic E-state index is 0.00614. The average molecular weight is 621 g/mol. The number of benzene rings is 2. The zero-order valence-electron chi connectivity index (χ0n) is 25.8. The Bertz CT molecular complexity index is 1420. The van der Waals surface area contributed by atoms with Crippen LogP contribution in [0.25, 0.3) is 10.9 Å². The smallest absolute Gasteiger partial charge is 0.405 e. The zero-order chi connectivity index (χ0) is 31.9. The predicted molar refractivity (Wildman–Crippen MR) is 173 cm³/mol. The van der Waals surface area contributed by atoms with Crippen LogP contribution in [0.15, 0.2) is 71.8 Å². The third kappa shape index (κ3) is 9.43. The zero-order valence-corrected chi connectivity index (χ0v) is 26.6. The van der Waals surface area contributed by atoms with Gasteiger partial charge in [0.15, 0.2) is 0 Å². The summed E-state index contributed by atoms with van der Waals surface area (Å²) in [5.41, 5.74) is 1.35. The first kappa shape index (κ1) is 33.3. The largest absolute Gasteiger partial charge is 0.465 e. The number of hydrogen-bond donors (Lipinski definition) is 5. The monoisotopic (exact) mass is 620 g/mol. The van der Waals surface area contributed by atoms with Gasteiger partial charge in [-0.15, -0.1) is 11.8 Å². The van der Waals surface area contributed by atoms with Crippen molar-refractivity contribution in [2.24, 2.45) is 17.8 Å². The van der Waals surface area contributed by atoms with Gasteiger partial charge in [-0.1, -0.05) is 55.5 Å². The van der Waals surface area contributed by atoms with Crippen LogP contribution < -0.4 is 16.0 Å². The summed E-state index contributed by atoms with van der Waals surface area (Å²) in [6.45, 7) is 7.98. The van der Waals surface area contributed by atoms with E-state index in [2.05, 4.69) is 27.9 Å².